The minimum absolute atomic E-state index is 0.00490. The van der Waals surface area contributed by atoms with Gasteiger partial charge in [0, 0.05) is 43.5 Å². The summed E-state index contributed by atoms with van der Waals surface area (Å²) in [5, 5.41) is 17.0. The van der Waals surface area contributed by atoms with Crippen LogP contribution in [0.5, 0.6) is 0 Å². The van der Waals surface area contributed by atoms with Crippen molar-refractivity contribution >= 4 is 33.8 Å². The van der Waals surface area contributed by atoms with E-state index in [1.807, 2.05) is 16.3 Å². The number of hydrogen-bond acceptors (Lipinski definition) is 7. The number of amides is 1. The lowest BCUT2D eigenvalue weighted by atomic mass is 9.95. The highest BCUT2D eigenvalue weighted by Crippen LogP contribution is 2.31. The van der Waals surface area contributed by atoms with Crippen LogP contribution in [0.1, 0.15) is 38.3 Å². The number of hydrogen-bond donors (Lipinski definition) is 1. The first-order valence-corrected chi connectivity index (χ1v) is 11.8. The normalized spacial score (nSPS) is 20.5. The van der Waals surface area contributed by atoms with Gasteiger partial charge in [0.15, 0.2) is 5.13 Å². The molecule has 0 saturated carbocycles. The molecule has 166 valence electrons. The highest BCUT2D eigenvalue weighted by atomic mass is 32.1. The number of aromatic nitrogens is 1. The Hall–Kier alpha value is -2.52. The first-order chi connectivity index (χ1) is 15.0. The summed E-state index contributed by atoms with van der Waals surface area (Å²) in [6.45, 7) is 6.60. The van der Waals surface area contributed by atoms with Gasteiger partial charge in [0.2, 0.25) is 5.91 Å². The van der Waals surface area contributed by atoms with Crippen LogP contribution in [-0.2, 0) is 11.3 Å². The fraction of sp³-hybridized carbons (Fsp3) is 0.545. The molecule has 0 unspecified atom stereocenters. The van der Waals surface area contributed by atoms with Crippen LogP contribution in [0.15, 0.2) is 29.6 Å². The maximum atomic E-state index is 12.7. The van der Waals surface area contributed by atoms with Gasteiger partial charge in [-0.2, -0.15) is 0 Å². The zero-order valence-corrected chi connectivity index (χ0v) is 18.6. The molecule has 1 atom stereocenters. The molecule has 2 aliphatic rings. The van der Waals surface area contributed by atoms with Gasteiger partial charge in [0.1, 0.15) is 5.69 Å². The van der Waals surface area contributed by atoms with Crippen molar-refractivity contribution in [1.82, 2.24) is 9.88 Å². The number of nitrogens with zero attached hydrogens (tertiary/aromatic N) is 4. The number of carbonyl (C=O) groups is 1. The third-order valence-corrected chi connectivity index (χ3v) is 7.00. The molecule has 3 heterocycles. The Bertz CT molecular complexity index is 925. The Morgan fingerprint density at radius 3 is 2.77 bits per heavy atom. The van der Waals surface area contributed by atoms with Crippen LogP contribution < -0.4 is 10.2 Å². The van der Waals surface area contributed by atoms with Crippen LogP contribution in [0, 0.1) is 22.0 Å². The smallest absolute Gasteiger partial charge is 0.292 e. The van der Waals surface area contributed by atoms with Gasteiger partial charge in [-0.05, 0) is 44.2 Å². The Kier molecular flexibility index (Phi) is 6.82. The largest absolute Gasteiger partial charge is 0.366 e. The second-order valence-electron chi connectivity index (χ2n) is 8.62. The number of benzene rings is 1. The highest BCUT2D eigenvalue weighted by Gasteiger charge is 2.28. The van der Waals surface area contributed by atoms with Crippen LogP contribution in [-0.4, -0.2) is 46.9 Å². The number of nitro benzene ring substituents is 1. The molecule has 1 amide bonds. The van der Waals surface area contributed by atoms with Crippen molar-refractivity contribution in [2.75, 3.05) is 36.4 Å². The summed E-state index contributed by atoms with van der Waals surface area (Å²) >= 11 is 1.48. The SMILES string of the molecule is C[C@H]1CCCN(Cc2csc(NC(=O)C3CCN(c4ccccc4[N+](=O)[O-])CC3)n2)C1. The zero-order valence-electron chi connectivity index (χ0n) is 17.8. The monoisotopic (exact) mass is 443 g/mol. The number of para-hydroxylation sites is 2. The second kappa shape index (κ2) is 9.74. The maximum Gasteiger partial charge on any atom is 0.292 e. The summed E-state index contributed by atoms with van der Waals surface area (Å²) in [7, 11) is 0. The zero-order chi connectivity index (χ0) is 21.8. The molecule has 4 rings (SSSR count). The van der Waals surface area contributed by atoms with Crippen LogP contribution in [0.4, 0.5) is 16.5 Å². The van der Waals surface area contributed by atoms with Gasteiger partial charge >= 0.3 is 0 Å². The lowest BCUT2D eigenvalue weighted by Gasteiger charge is -2.32. The van der Waals surface area contributed by atoms with E-state index in [4.69, 9.17) is 0 Å². The van der Waals surface area contributed by atoms with Crippen molar-refractivity contribution < 1.29 is 9.72 Å². The van der Waals surface area contributed by atoms with Crippen molar-refractivity contribution in [3.8, 4) is 0 Å². The molecule has 2 fully saturated rings. The molecule has 1 aromatic carbocycles. The molecule has 0 bridgehead atoms. The van der Waals surface area contributed by atoms with Crippen LogP contribution in [0.3, 0.4) is 0 Å². The standard InChI is InChI=1S/C22H29N5O3S/c1-16-5-4-10-25(13-16)14-18-15-31-22(23-18)24-21(28)17-8-11-26(12-9-17)19-6-2-3-7-20(19)27(29)30/h2-3,6-7,15-17H,4-5,8-14H2,1H3,(H,23,24,28)/t16-/m0/s1. The van der Waals surface area contributed by atoms with Crippen LogP contribution in [0.25, 0.3) is 0 Å². The fourth-order valence-electron chi connectivity index (χ4n) is 4.57. The van der Waals surface area contributed by atoms with Gasteiger partial charge in [0.25, 0.3) is 5.69 Å². The first-order valence-electron chi connectivity index (χ1n) is 11.0. The third-order valence-electron chi connectivity index (χ3n) is 6.19. The van der Waals surface area contributed by atoms with E-state index in [0.29, 0.717) is 36.8 Å². The quantitative estimate of drug-likeness (QED) is 0.533. The van der Waals surface area contributed by atoms with E-state index in [1.165, 1.54) is 30.2 Å². The number of likely N-dealkylation sites (tertiary alicyclic amines) is 1. The van der Waals surface area contributed by atoms with E-state index in [2.05, 4.69) is 22.1 Å². The van der Waals surface area contributed by atoms with Gasteiger partial charge in [-0.25, -0.2) is 4.98 Å². The van der Waals surface area contributed by atoms with Crippen molar-refractivity contribution in [2.45, 2.75) is 39.2 Å². The van der Waals surface area contributed by atoms with E-state index in [9.17, 15) is 14.9 Å². The molecule has 2 saturated heterocycles. The number of carbonyl (C=O) groups excluding carboxylic acids is 1. The summed E-state index contributed by atoms with van der Waals surface area (Å²) in [5.41, 5.74) is 1.76. The number of nitro groups is 1. The number of nitrogens with one attached hydrogen (secondary N) is 1. The maximum absolute atomic E-state index is 12.7. The summed E-state index contributed by atoms with van der Waals surface area (Å²) in [6.07, 6.45) is 3.87. The average Bonchev–Trinajstić information content (AvgIpc) is 3.20. The lowest BCUT2D eigenvalue weighted by Crippen LogP contribution is -2.38. The minimum Gasteiger partial charge on any atom is -0.366 e. The Morgan fingerprint density at radius 1 is 1.26 bits per heavy atom. The van der Waals surface area contributed by atoms with E-state index >= 15 is 0 Å². The summed E-state index contributed by atoms with van der Waals surface area (Å²) in [4.78, 5) is 32.7. The molecular formula is C22H29N5O3S. The molecule has 1 N–H and O–H groups in total. The number of piperidine rings is 2. The van der Waals surface area contributed by atoms with Crippen LogP contribution >= 0.6 is 11.3 Å². The van der Waals surface area contributed by atoms with Gasteiger partial charge < -0.3 is 10.2 Å². The first kappa shape index (κ1) is 21.7. The molecule has 1 aromatic heterocycles. The van der Waals surface area contributed by atoms with Gasteiger partial charge in [-0.3, -0.25) is 19.8 Å². The van der Waals surface area contributed by atoms with E-state index in [1.54, 1.807) is 12.1 Å². The average molecular weight is 444 g/mol. The predicted molar refractivity (Wildman–Crippen MR) is 122 cm³/mol. The molecular weight excluding hydrogens is 414 g/mol. The molecule has 2 aliphatic heterocycles. The second-order valence-corrected chi connectivity index (χ2v) is 9.48. The molecule has 31 heavy (non-hydrogen) atoms. The van der Waals surface area contributed by atoms with Crippen molar-refractivity contribution in [3.05, 3.63) is 45.5 Å². The third kappa shape index (κ3) is 5.40. The Morgan fingerprint density at radius 2 is 2.03 bits per heavy atom. The van der Waals surface area contributed by atoms with Crippen molar-refractivity contribution in [2.24, 2.45) is 11.8 Å². The fourth-order valence-corrected chi connectivity index (χ4v) is 5.28. The molecule has 2 aromatic rings. The molecule has 9 heteroatoms. The summed E-state index contributed by atoms with van der Waals surface area (Å²) in [6, 6.07) is 6.79. The van der Waals surface area contributed by atoms with Crippen molar-refractivity contribution in [3.63, 3.8) is 0 Å². The molecule has 0 spiro atoms. The number of thiazole rings is 1. The highest BCUT2D eigenvalue weighted by molar-refractivity contribution is 7.13. The molecule has 8 nitrogen and oxygen atoms in total. The number of rotatable bonds is 6. The topological polar surface area (TPSA) is 91.6 Å². The Balaban J connectivity index is 1.29. The van der Waals surface area contributed by atoms with E-state index in [-0.39, 0.29) is 22.4 Å². The van der Waals surface area contributed by atoms with Crippen molar-refractivity contribution in [1.29, 1.82) is 0 Å². The van der Waals surface area contributed by atoms with Crippen LogP contribution in [0.2, 0.25) is 0 Å². The summed E-state index contributed by atoms with van der Waals surface area (Å²) < 4.78 is 0. The predicted octanol–water partition coefficient (Wildman–Crippen LogP) is 4.14. The van der Waals surface area contributed by atoms with E-state index < -0.39 is 0 Å². The minimum atomic E-state index is -0.348. The number of anilines is 2. The molecule has 0 radical (unpaired) electrons. The Labute approximate surface area is 186 Å². The van der Waals surface area contributed by atoms with Gasteiger partial charge in [-0.15, -0.1) is 11.3 Å². The van der Waals surface area contributed by atoms with E-state index in [0.717, 1.165) is 31.2 Å². The lowest BCUT2D eigenvalue weighted by molar-refractivity contribution is -0.384. The summed E-state index contributed by atoms with van der Waals surface area (Å²) in [5.74, 6) is 0.624. The van der Waals surface area contributed by atoms with Gasteiger partial charge in [-0.1, -0.05) is 19.1 Å². The van der Waals surface area contributed by atoms with Gasteiger partial charge in [0.05, 0.1) is 10.6 Å². The molecule has 0 aliphatic carbocycles.